The molecule has 3 nitrogen and oxygen atoms in total. The van der Waals surface area contributed by atoms with Crippen LogP contribution >= 0.6 is 31.9 Å². The number of halogens is 2. The highest BCUT2D eigenvalue weighted by Gasteiger charge is 2.17. The van der Waals surface area contributed by atoms with Crippen molar-refractivity contribution in [3.63, 3.8) is 0 Å². The Hall–Kier alpha value is -0.690. The van der Waals surface area contributed by atoms with E-state index in [0.717, 1.165) is 15.6 Å². The molecule has 1 N–H and O–H groups in total. The molecule has 0 fully saturated rings. The van der Waals surface area contributed by atoms with Crippen LogP contribution < -0.4 is 4.72 Å². The molecule has 0 radical (unpaired) electrons. The maximum absolute atomic E-state index is 12.3. The number of nitrogens with one attached hydrogen (secondary N) is 1. The highest BCUT2D eigenvalue weighted by Crippen LogP contribution is 2.25. The number of hydrogen-bond donors (Lipinski definition) is 1. The summed E-state index contributed by atoms with van der Waals surface area (Å²) in [5.74, 6) is 0. The summed E-state index contributed by atoms with van der Waals surface area (Å²) in [6, 6.07) is 12.8. The molecule has 0 atom stereocenters. The third kappa shape index (κ3) is 3.91. The van der Waals surface area contributed by atoms with Gasteiger partial charge in [-0.2, -0.15) is 0 Å². The predicted octanol–water partition coefficient (Wildman–Crippen LogP) is 4.00. The van der Waals surface area contributed by atoms with E-state index in [2.05, 4.69) is 36.6 Å². The molecule has 2 aromatic rings. The maximum Gasteiger partial charge on any atom is 0.242 e. The van der Waals surface area contributed by atoms with Crippen molar-refractivity contribution in [3.8, 4) is 0 Å². The number of sulfonamides is 1. The first-order valence-electron chi connectivity index (χ1n) is 5.89. The molecule has 0 saturated heterocycles. The van der Waals surface area contributed by atoms with E-state index >= 15 is 0 Å². The zero-order valence-corrected chi connectivity index (χ0v) is 14.7. The molecular formula is C14H13Br2NO2S. The van der Waals surface area contributed by atoms with Crippen LogP contribution in [0.4, 0.5) is 0 Å². The molecule has 2 rings (SSSR count). The predicted molar refractivity (Wildman–Crippen MR) is 87.0 cm³/mol. The molecule has 6 heteroatoms. The molecule has 0 aliphatic heterocycles. The molecule has 0 amide bonds. The molecule has 0 unspecified atom stereocenters. The Labute approximate surface area is 135 Å². The van der Waals surface area contributed by atoms with Gasteiger partial charge in [-0.25, -0.2) is 13.1 Å². The summed E-state index contributed by atoms with van der Waals surface area (Å²) in [6.07, 6.45) is 0. The van der Waals surface area contributed by atoms with Gasteiger partial charge >= 0.3 is 0 Å². The van der Waals surface area contributed by atoms with Gasteiger partial charge in [-0.1, -0.05) is 45.8 Å². The Balaban J connectivity index is 2.19. The first-order valence-corrected chi connectivity index (χ1v) is 8.96. The van der Waals surface area contributed by atoms with Gasteiger partial charge in [-0.05, 0) is 46.6 Å². The molecular weight excluding hydrogens is 406 g/mol. The molecule has 0 aliphatic rings. The lowest BCUT2D eigenvalue weighted by atomic mass is 10.2. The monoisotopic (exact) mass is 417 g/mol. The Morgan fingerprint density at radius 2 is 1.70 bits per heavy atom. The van der Waals surface area contributed by atoms with E-state index in [1.54, 1.807) is 18.2 Å². The molecule has 0 saturated carbocycles. The van der Waals surface area contributed by atoms with Gasteiger partial charge in [0.1, 0.15) is 0 Å². The van der Waals surface area contributed by atoms with Crippen molar-refractivity contribution >= 4 is 41.9 Å². The third-order valence-corrected chi connectivity index (χ3v) is 5.66. The van der Waals surface area contributed by atoms with Crippen LogP contribution in [0.25, 0.3) is 0 Å². The zero-order valence-electron chi connectivity index (χ0n) is 10.7. The van der Waals surface area contributed by atoms with Gasteiger partial charge in [-0.3, -0.25) is 0 Å². The standard InChI is InChI=1S/C14H13Br2NO2S/c1-10-2-4-11(5-3-10)9-17-20(18,19)14-8-12(15)6-7-13(14)16/h2-8,17H,9H2,1H3. The second-order valence-corrected chi connectivity index (χ2v) is 7.89. The normalized spacial score (nSPS) is 11.6. The van der Waals surface area contributed by atoms with Crippen LogP contribution in [0.15, 0.2) is 56.3 Å². The molecule has 0 bridgehead atoms. The van der Waals surface area contributed by atoms with Crippen molar-refractivity contribution in [1.29, 1.82) is 0 Å². The first-order chi connectivity index (χ1) is 9.38. The van der Waals surface area contributed by atoms with Gasteiger partial charge in [0.2, 0.25) is 10.0 Å². The second kappa shape index (κ2) is 6.39. The molecule has 0 aliphatic carbocycles. The van der Waals surface area contributed by atoms with E-state index in [0.29, 0.717) is 4.47 Å². The Bertz CT molecular complexity index is 712. The smallest absolute Gasteiger partial charge is 0.207 e. The number of rotatable bonds is 4. The van der Waals surface area contributed by atoms with Crippen molar-refractivity contribution in [2.75, 3.05) is 0 Å². The fraction of sp³-hybridized carbons (Fsp3) is 0.143. The summed E-state index contributed by atoms with van der Waals surface area (Å²) in [5.41, 5.74) is 2.07. The fourth-order valence-corrected chi connectivity index (χ4v) is 4.16. The molecule has 0 spiro atoms. The van der Waals surface area contributed by atoms with Gasteiger partial charge in [-0.15, -0.1) is 0 Å². The fourth-order valence-electron chi connectivity index (χ4n) is 1.65. The van der Waals surface area contributed by atoms with Gasteiger partial charge in [0, 0.05) is 15.5 Å². The van der Waals surface area contributed by atoms with Gasteiger partial charge in [0.05, 0.1) is 4.90 Å². The average molecular weight is 419 g/mol. The summed E-state index contributed by atoms with van der Waals surface area (Å²) in [5, 5.41) is 0. The van der Waals surface area contributed by atoms with Crippen molar-refractivity contribution < 1.29 is 8.42 Å². The average Bonchev–Trinajstić information content (AvgIpc) is 2.41. The minimum absolute atomic E-state index is 0.221. The van der Waals surface area contributed by atoms with E-state index in [1.807, 2.05) is 31.2 Å². The SMILES string of the molecule is Cc1ccc(CNS(=O)(=O)c2cc(Br)ccc2Br)cc1. The van der Waals surface area contributed by atoms with Crippen molar-refractivity contribution in [3.05, 3.63) is 62.5 Å². The van der Waals surface area contributed by atoms with Crippen molar-refractivity contribution in [2.24, 2.45) is 0 Å². The van der Waals surface area contributed by atoms with E-state index in [1.165, 1.54) is 0 Å². The molecule has 106 valence electrons. The topological polar surface area (TPSA) is 46.2 Å². The summed E-state index contributed by atoms with van der Waals surface area (Å²) in [7, 11) is -3.55. The summed E-state index contributed by atoms with van der Waals surface area (Å²) in [4.78, 5) is 0.221. The molecule has 20 heavy (non-hydrogen) atoms. The molecule has 2 aromatic carbocycles. The van der Waals surface area contributed by atoms with Crippen LogP contribution in [0.2, 0.25) is 0 Å². The first kappa shape index (κ1) is 15.7. The highest BCUT2D eigenvalue weighted by molar-refractivity contribution is 9.11. The van der Waals surface area contributed by atoms with E-state index in [4.69, 9.17) is 0 Å². The van der Waals surface area contributed by atoms with Crippen LogP contribution in [-0.4, -0.2) is 8.42 Å². The van der Waals surface area contributed by atoms with Gasteiger partial charge in [0.25, 0.3) is 0 Å². The Kier molecular flexibility index (Phi) is 5.01. The lowest BCUT2D eigenvalue weighted by molar-refractivity contribution is 0.581. The van der Waals surface area contributed by atoms with Crippen LogP contribution in [0, 0.1) is 6.92 Å². The van der Waals surface area contributed by atoms with Crippen LogP contribution in [0.1, 0.15) is 11.1 Å². The van der Waals surface area contributed by atoms with E-state index < -0.39 is 10.0 Å². The van der Waals surface area contributed by atoms with Gasteiger partial charge in [0.15, 0.2) is 0 Å². The summed E-state index contributed by atoms with van der Waals surface area (Å²) >= 11 is 6.54. The Morgan fingerprint density at radius 3 is 2.35 bits per heavy atom. The van der Waals surface area contributed by atoms with Crippen LogP contribution in [0.3, 0.4) is 0 Å². The van der Waals surface area contributed by atoms with Crippen molar-refractivity contribution in [2.45, 2.75) is 18.4 Å². The third-order valence-electron chi connectivity index (χ3n) is 2.77. The van der Waals surface area contributed by atoms with E-state index in [-0.39, 0.29) is 11.4 Å². The second-order valence-electron chi connectivity index (χ2n) is 4.38. The number of hydrogen-bond acceptors (Lipinski definition) is 2. The largest absolute Gasteiger partial charge is 0.242 e. The van der Waals surface area contributed by atoms with Crippen LogP contribution in [-0.2, 0) is 16.6 Å². The Morgan fingerprint density at radius 1 is 1.05 bits per heavy atom. The number of aryl methyl sites for hydroxylation is 1. The lowest BCUT2D eigenvalue weighted by Crippen LogP contribution is -2.23. The lowest BCUT2D eigenvalue weighted by Gasteiger charge is -2.09. The zero-order chi connectivity index (χ0) is 14.8. The quantitative estimate of drug-likeness (QED) is 0.815. The minimum Gasteiger partial charge on any atom is -0.207 e. The van der Waals surface area contributed by atoms with E-state index in [9.17, 15) is 8.42 Å². The summed E-state index contributed by atoms with van der Waals surface area (Å²) in [6.45, 7) is 2.26. The van der Waals surface area contributed by atoms with Crippen molar-refractivity contribution in [1.82, 2.24) is 4.72 Å². The molecule has 0 aromatic heterocycles. The minimum atomic E-state index is -3.55. The molecule has 0 heterocycles. The number of benzene rings is 2. The van der Waals surface area contributed by atoms with Gasteiger partial charge < -0.3 is 0 Å². The highest BCUT2D eigenvalue weighted by atomic mass is 79.9. The summed E-state index contributed by atoms with van der Waals surface area (Å²) < 4.78 is 28.4. The van der Waals surface area contributed by atoms with Crippen LogP contribution in [0.5, 0.6) is 0 Å². The maximum atomic E-state index is 12.3.